The molecule has 6 rings (SSSR count). The third-order valence-corrected chi connectivity index (χ3v) is 7.10. The van der Waals surface area contributed by atoms with Crippen molar-refractivity contribution in [2.75, 3.05) is 5.32 Å². The molecule has 2 aromatic heterocycles. The molecule has 0 saturated heterocycles. The van der Waals surface area contributed by atoms with Crippen LogP contribution in [0, 0.1) is 11.7 Å². The van der Waals surface area contributed by atoms with E-state index in [0.717, 1.165) is 56.1 Å². The fourth-order valence-corrected chi connectivity index (χ4v) is 4.82. The van der Waals surface area contributed by atoms with Crippen LogP contribution >= 0.6 is 0 Å². The predicted molar refractivity (Wildman–Crippen MR) is 157 cm³/mol. The molecule has 2 aromatic carbocycles. The molecule has 1 aliphatic carbocycles. The second-order valence-corrected chi connectivity index (χ2v) is 9.77. The van der Waals surface area contributed by atoms with Crippen LogP contribution in [0.2, 0.25) is 0 Å². The van der Waals surface area contributed by atoms with E-state index < -0.39 is 0 Å². The highest BCUT2D eigenvalue weighted by atomic mass is 19.1. The van der Waals surface area contributed by atoms with Crippen LogP contribution in [-0.2, 0) is 6.54 Å². The van der Waals surface area contributed by atoms with Gasteiger partial charge in [-0.3, -0.25) is 10.1 Å². The van der Waals surface area contributed by atoms with Gasteiger partial charge in [0.15, 0.2) is 11.5 Å². The molecule has 0 amide bonds. The van der Waals surface area contributed by atoms with Crippen molar-refractivity contribution in [3.8, 4) is 11.1 Å². The molecule has 0 atom stereocenters. The van der Waals surface area contributed by atoms with E-state index in [-0.39, 0.29) is 5.82 Å². The summed E-state index contributed by atoms with van der Waals surface area (Å²) in [4.78, 5) is 9.79. The smallest absolute Gasteiger partial charge is 0.156 e. The number of hydrogen-bond acceptors (Lipinski definition) is 5. The molecule has 1 aliphatic heterocycles. The Bertz CT molecular complexity index is 1700. The minimum absolute atomic E-state index is 0.262. The van der Waals surface area contributed by atoms with Gasteiger partial charge in [0.25, 0.3) is 0 Å². The number of allylic oxidation sites excluding steroid dienone is 5. The summed E-state index contributed by atoms with van der Waals surface area (Å²) in [5.74, 6) is 0.924. The predicted octanol–water partition coefficient (Wildman–Crippen LogP) is 7.12. The summed E-state index contributed by atoms with van der Waals surface area (Å²) in [6, 6.07) is 16.5. The number of hydrogen-bond donors (Lipinski definition) is 3. The molecule has 39 heavy (non-hydrogen) atoms. The number of aromatic nitrogens is 3. The normalized spacial score (nSPS) is 15.4. The van der Waals surface area contributed by atoms with E-state index in [0.29, 0.717) is 24.0 Å². The quantitative estimate of drug-likeness (QED) is 0.218. The molecular weight excluding hydrogens is 487 g/mol. The summed E-state index contributed by atoms with van der Waals surface area (Å²) in [6.45, 7) is 10.6. The van der Waals surface area contributed by atoms with Crippen molar-refractivity contribution in [2.24, 2.45) is 10.9 Å². The van der Waals surface area contributed by atoms with Crippen LogP contribution in [0.4, 0.5) is 10.1 Å². The monoisotopic (exact) mass is 516 g/mol. The zero-order valence-electron chi connectivity index (χ0n) is 21.8. The molecule has 1 saturated carbocycles. The van der Waals surface area contributed by atoms with Gasteiger partial charge >= 0.3 is 0 Å². The number of nitrogens with zero attached hydrogens (tertiary/aromatic N) is 3. The largest absolute Gasteiger partial charge is 0.359 e. The maximum absolute atomic E-state index is 13.9. The number of halogens is 1. The summed E-state index contributed by atoms with van der Waals surface area (Å²) in [7, 11) is 0. The Morgan fingerprint density at radius 3 is 2.74 bits per heavy atom. The molecule has 0 spiro atoms. The van der Waals surface area contributed by atoms with E-state index >= 15 is 0 Å². The molecular formula is C32H29FN6. The highest BCUT2D eigenvalue weighted by Crippen LogP contribution is 2.35. The van der Waals surface area contributed by atoms with Gasteiger partial charge in [0.05, 0.1) is 17.8 Å². The molecule has 0 radical (unpaired) electrons. The number of H-pyrrole nitrogens is 1. The highest BCUT2D eigenvalue weighted by molar-refractivity contribution is 6.14. The van der Waals surface area contributed by atoms with Crippen LogP contribution in [0.3, 0.4) is 0 Å². The van der Waals surface area contributed by atoms with Gasteiger partial charge in [0.1, 0.15) is 11.3 Å². The summed E-state index contributed by atoms with van der Waals surface area (Å²) in [6.07, 6.45) is 8.23. The second kappa shape index (κ2) is 10.2. The molecule has 6 nitrogen and oxygen atoms in total. The summed E-state index contributed by atoms with van der Waals surface area (Å²) < 4.78 is 13.9. The summed E-state index contributed by atoms with van der Waals surface area (Å²) >= 11 is 0. The van der Waals surface area contributed by atoms with Crippen LogP contribution in [0.25, 0.3) is 27.7 Å². The molecule has 4 aromatic rings. The van der Waals surface area contributed by atoms with Crippen molar-refractivity contribution in [1.82, 2.24) is 20.5 Å². The summed E-state index contributed by atoms with van der Waals surface area (Å²) in [5, 5.41) is 14.5. The first-order valence-electron chi connectivity index (χ1n) is 13.1. The van der Waals surface area contributed by atoms with Gasteiger partial charge in [-0.05, 0) is 84.9 Å². The number of nitrogens with one attached hydrogen (secondary N) is 3. The van der Waals surface area contributed by atoms with Crippen molar-refractivity contribution >= 4 is 28.1 Å². The van der Waals surface area contributed by atoms with Crippen LogP contribution in [0.5, 0.6) is 0 Å². The lowest BCUT2D eigenvalue weighted by Crippen LogP contribution is -2.20. The number of anilines is 1. The van der Waals surface area contributed by atoms with Gasteiger partial charge in [-0.15, -0.1) is 0 Å². The van der Waals surface area contributed by atoms with Crippen molar-refractivity contribution in [1.29, 1.82) is 0 Å². The Kier molecular flexibility index (Phi) is 6.40. The molecule has 3 heterocycles. The van der Waals surface area contributed by atoms with Crippen molar-refractivity contribution < 1.29 is 4.39 Å². The first-order chi connectivity index (χ1) is 19.0. The molecule has 1 fully saturated rings. The number of benzene rings is 2. The first kappa shape index (κ1) is 24.6. The lowest BCUT2D eigenvalue weighted by atomic mass is 9.97. The van der Waals surface area contributed by atoms with E-state index in [1.165, 1.54) is 18.9 Å². The van der Waals surface area contributed by atoms with Gasteiger partial charge in [0, 0.05) is 22.6 Å². The minimum atomic E-state index is -0.262. The molecule has 2 aliphatic rings. The zero-order valence-corrected chi connectivity index (χ0v) is 21.8. The Balaban J connectivity index is 1.31. The topological polar surface area (TPSA) is 78.0 Å². The van der Waals surface area contributed by atoms with Crippen molar-refractivity contribution in [3.63, 3.8) is 0 Å². The third-order valence-electron chi connectivity index (χ3n) is 7.10. The number of rotatable bonds is 8. The van der Waals surface area contributed by atoms with Gasteiger partial charge in [-0.25, -0.2) is 9.37 Å². The Morgan fingerprint density at radius 2 is 1.97 bits per heavy atom. The van der Waals surface area contributed by atoms with Crippen LogP contribution in [-0.4, -0.2) is 21.0 Å². The van der Waals surface area contributed by atoms with Gasteiger partial charge < -0.3 is 10.6 Å². The average molecular weight is 517 g/mol. The van der Waals surface area contributed by atoms with Crippen LogP contribution < -0.4 is 10.6 Å². The summed E-state index contributed by atoms with van der Waals surface area (Å²) in [5.41, 5.74) is 9.60. The number of pyridine rings is 1. The number of aliphatic imine (C=N–C) groups is 1. The SMILES string of the molecule is C=C/C(=C\C(=C/C)c1ccc2[nH]nc(C3=NCc4c(cccc4-c4cccc(F)c4)N3)c2n1)NC(=C)C1CC1. The van der Waals surface area contributed by atoms with E-state index in [2.05, 4.69) is 34.0 Å². The number of fused-ring (bicyclic) bond motifs is 2. The van der Waals surface area contributed by atoms with Gasteiger partial charge in [0.2, 0.25) is 0 Å². The second-order valence-electron chi connectivity index (χ2n) is 9.77. The lowest BCUT2D eigenvalue weighted by molar-refractivity contribution is 0.628. The maximum atomic E-state index is 13.9. The Hall–Kier alpha value is -4.78. The number of amidine groups is 1. The van der Waals surface area contributed by atoms with E-state index in [9.17, 15) is 4.39 Å². The fourth-order valence-electron chi connectivity index (χ4n) is 4.82. The molecule has 7 heteroatoms. The molecule has 3 N–H and O–H groups in total. The fraction of sp³-hybridized carbons (Fsp3) is 0.156. The van der Waals surface area contributed by atoms with E-state index in [1.54, 1.807) is 18.2 Å². The van der Waals surface area contributed by atoms with Crippen molar-refractivity contribution in [3.05, 3.63) is 120 Å². The van der Waals surface area contributed by atoms with E-state index in [1.807, 2.05) is 55.5 Å². The van der Waals surface area contributed by atoms with Crippen molar-refractivity contribution in [2.45, 2.75) is 26.3 Å². The minimum Gasteiger partial charge on any atom is -0.359 e. The standard InChI is InChI=1S/C32H29FN6/c1-4-20(17-24(5-2)35-19(3)21-12-13-21)27-14-15-29-30(36-27)31(39-38-29)32-34-18-26-25(10-7-11-28(26)37-32)22-8-6-9-23(33)16-22/h4-11,14-17,21,35H,2-3,12-13,18H2,1H3,(H,34,37)(H,38,39)/b20-4+,24-17+. The van der Waals surface area contributed by atoms with E-state index in [4.69, 9.17) is 9.98 Å². The Morgan fingerprint density at radius 1 is 1.13 bits per heavy atom. The lowest BCUT2D eigenvalue weighted by Gasteiger charge is -2.20. The van der Waals surface area contributed by atoms with Crippen LogP contribution in [0.1, 0.15) is 36.7 Å². The zero-order chi connectivity index (χ0) is 26.9. The molecule has 0 bridgehead atoms. The first-order valence-corrected chi connectivity index (χ1v) is 13.1. The Labute approximate surface area is 226 Å². The highest BCUT2D eigenvalue weighted by Gasteiger charge is 2.25. The molecule has 0 unspecified atom stereocenters. The maximum Gasteiger partial charge on any atom is 0.156 e. The van der Waals surface area contributed by atoms with Gasteiger partial charge in [-0.1, -0.05) is 43.5 Å². The van der Waals surface area contributed by atoms with Crippen LogP contribution in [0.15, 0.2) is 102 Å². The molecule has 194 valence electrons. The third kappa shape index (κ3) is 4.91. The van der Waals surface area contributed by atoms with Gasteiger partial charge in [-0.2, -0.15) is 5.10 Å². The average Bonchev–Trinajstić information content (AvgIpc) is 3.73. The number of aromatic amines is 1.